The second-order valence-corrected chi connectivity index (χ2v) is 7.05. The van der Waals surface area contributed by atoms with E-state index in [0.717, 1.165) is 19.5 Å². The van der Waals surface area contributed by atoms with E-state index in [4.69, 9.17) is 0 Å². The highest BCUT2D eigenvalue weighted by Gasteiger charge is 2.25. The van der Waals surface area contributed by atoms with E-state index in [2.05, 4.69) is 83.8 Å². The SMILES string of the molecule is CC(C#N)C(Cc1ccccc1)N(Cc1ccccc1)Cc1ccccc1. The first-order chi connectivity index (χ1) is 13.3. The minimum Gasteiger partial charge on any atom is -0.290 e. The van der Waals surface area contributed by atoms with Crippen LogP contribution < -0.4 is 0 Å². The van der Waals surface area contributed by atoms with E-state index in [1.54, 1.807) is 0 Å². The molecule has 136 valence electrons. The molecule has 0 bridgehead atoms. The number of hydrogen-bond acceptors (Lipinski definition) is 2. The van der Waals surface area contributed by atoms with Gasteiger partial charge in [-0.3, -0.25) is 4.90 Å². The first-order valence-corrected chi connectivity index (χ1v) is 9.51. The number of nitrogens with zero attached hydrogens (tertiary/aromatic N) is 2. The molecule has 0 N–H and O–H groups in total. The van der Waals surface area contributed by atoms with E-state index in [9.17, 15) is 5.26 Å². The van der Waals surface area contributed by atoms with Gasteiger partial charge >= 0.3 is 0 Å². The summed E-state index contributed by atoms with van der Waals surface area (Å²) in [5.41, 5.74) is 3.82. The summed E-state index contributed by atoms with van der Waals surface area (Å²) in [5.74, 6) is -0.0577. The number of benzene rings is 3. The highest BCUT2D eigenvalue weighted by Crippen LogP contribution is 2.22. The van der Waals surface area contributed by atoms with Crippen molar-refractivity contribution >= 4 is 0 Å². The molecule has 3 aromatic rings. The van der Waals surface area contributed by atoms with Gasteiger partial charge in [-0.1, -0.05) is 91.0 Å². The van der Waals surface area contributed by atoms with Crippen LogP contribution in [0, 0.1) is 17.2 Å². The minimum absolute atomic E-state index is 0.0577. The average molecular weight is 354 g/mol. The number of nitriles is 1. The zero-order chi connectivity index (χ0) is 18.9. The first-order valence-electron chi connectivity index (χ1n) is 9.51. The van der Waals surface area contributed by atoms with Gasteiger partial charge in [-0.2, -0.15) is 5.26 Å². The highest BCUT2D eigenvalue weighted by atomic mass is 15.2. The smallest absolute Gasteiger partial charge is 0.0669 e. The second-order valence-electron chi connectivity index (χ2n) is 7.05. The largest absolute Gasteiger partial charge is 0.290 e. The van der Waals surface area contributed by atoms with E-state index in [1.165, 1.54) is 16.7 Å². The van der Waals surface area contributed by atoms with Gasteiger partial charge in [0, 0.05) is 19.1 Å². The molecule has 0 aliphatic heterocycles. The summed E-state index contributed by atoms with van der Waals surface area (Å²) in [6, 6.07) is 34.2. The molecule has 3 aromatic carbocycles. The van der Waals surface area contributed by atoms with Crippen molar-refractivity contribution in [3.8, 4) is 6.07 Å². The average Bonchev–Trinajstić information content (AvgIpc) is 2.73. The van der Waals surface area contributed by atoms with Crippen LogP contribution in [0.15, 0.2) is 91.0 Å². The van der Waals surface area contributed by atoms with Gasteiger partial charge in [-0.05, 0) is 30.0 Å². The normalized spacial score (nSPS) is 13.1. The first kappa shape index (κ1) is 18.9. The van der Waals surface area contributed by atoms with Crippen LogP contribution in [-0.4, -0.2) is 10.9 Å². The monoisotopic (exact) mass is 354 g/mol. The zero-order valence-electron chi connectivity index (χ0n) is 15.8. The zero-order valence-corrected chi connectivity index (χ0v) is 15.8. The molecule has 3 rings (SSSR count). The van der Waals surface area contributed by atoms with E-state index >= 15 is 0 Å². The van der Waals surface area contributed by atoms with Crippen molar-refractivity contribution in [3.63, 3.8) is 0 Å². The lowest BCUT2D eigenvalue weighted by Gasteiger charge is -2.34. The molecule has 2 atom stereocenters. The van der Waals surface area contributed by atoms with Crippen LogP contribution in [0.3, 0.4) is 0 Å². The van der Waals surface area contributed by atoms with Crippen LogP contribution >= 0.6 is 0 Å². The fourth-order valence-electron chi connectivity index (χ4n) is 3.49. The van der Waals surface area contributed by atoms with Crippen LogP contribution in [-0.2, 0) is 19.5 Å². The number of rotatable bonds is 8. The third kappa shape index (κ3) is 5.54. The predicted octanol–water partition coefficient (Wildman–Crippen LogP) is 5.46. The lowest BCUT2D eigenvalue weighted by Crippen LogP contribution is -2.40. The van der Waals surface area contributed by atoms with E-state index < -0.39 is 0 Å². The van der Waals surface area contributed by atoms with Crippen molar-refractivity contribution in [2.75, 3.05) is 0 Å². The lowest BCUT2D eigenvalue weighted by molar-refractivity contribution is 0.149. The maximum Gasteiger partial charge on any atom is 0.0669 e. The molecular weight excluding hydrogens is 328 g/mol. The quantitative estimate of drug-likeness (QED) is 0.537. The third-order valence-corrected chi connectivity index (χ3v) is 4.99. The van der Waals surface area contributed by atoms with Crippen molar-refractivity contribution in [1.29, 1.82) is 5.26 Å². The summed E-state index contributed by atoms with van der Waals surface area (Å²) in [4.78, 5) is 2.45. The third-order valence-electron chi connectivity index (χ3n) is 4.99. The Morgan fingerprint density at radius 1 is 0.704 bits per heavy atom. The van der Waals surface area contributed by atoms with Crippen LogP contribution in [0.4, 0.5) is 0 Å². The molecule has 2 heteroatoms. The molecular formula is C25H26N2. The standard InChI is InChI=1S/C25H26N2/c1-21(18-26)25(17-22-11-5-2-6-12-22)27(19-23-13-7-3-8-14-23)20-24-15-9-4-10-16-24/h2-16,21,25H,17,19-20H2,1H3. The van der Waals surface area contributed by atoms with Gasteiger partial charge in [0.15, 0.2) is 0 Å². The topological polar surface area (TPSA) is 27.0 Å². The molecule has 2 nitrogen and oxygen atoms in total. The Morgan fingerprint density at radius 3 is 1.52 bits per heavy atom. The molecule has 27 heavy (non-hydrogen) atoms. The summed E-state index contributed by atoms with van der Waals surface area (Å²) in [7, 11) is 0. The van der Waals surface area contributed by atoms with Gasteiger partial charge in [0.05, 0.1) is 12.0 Å². The Labute approximate surface area is 162 Å². The molecule has 0 saturated heterocycles. The Bertz CT molecular complexity index is 796. The summed E-state index contributed by atoms with van der Waals surface area (Å²) in [6.45, 7) is 3.70. The van der Waals surface area contributed by atoms with Gasteiger partial charge < -0.3 is 0 Å². The van der Waals surface area contributed by atoms with Gasteiger partial charge in [-0.25, -0.2) is 0 Å². The molecule has 0 heterocycles. The fraction of sp³-hybridized carbons (Fsp3) is 0.240. The molecule has 0 aromatic heterocycles. The van der Waals surface area contributed by atoms with Crippen LogP contribution in [0.2, 0.25) is 0 Å². The van der Waals surface area contributed by atoms with Crippen LogP contribution in [0.5, 0.6) is 0 Å². The Kier molecular flexibility index (Phi) is 6.79. The van der Waals surface area contributed by atoms with Gasteiger partial charge in [-0.15, -0.1) is 0 Å². The van der Waals surface area contributed by atoms with Crippen molar-refractivity contribution in [3.05, 3.63) is 108 Å². The minimum atomic E-state index is -0.0577. The highest BCUT2D eigenvalue weighted by molar-refractivity contribution is 5.20. The Morgan fingerprint density at radius 2 is 1.11 bits per heavy atom. The molecule has 0 saturated carbocycles. The van der Waals surface area contributed by atoms with Crippen LogP contribution in [0.25, 0.3) is 0 Å². The fourth-order valence-corrected chi connectivity index (χ4v) is 3.49. The van der Waals surface area contributed by atoms with Crippen molar-refractivity contribution in [2.45, 2.75) is 32.5 Å². The van der Waals surface area contributed by atoms with Gasteiger partial charge in [0.25, 0.3) is 0 Å². The van der Waals surface area contributed by atoms with E-state index in [-0.39, 0.29) is 12.0 Å². The van der Waals surface area contributed by atoms with Crippen LogP contribution in [0.1, 0.15) is 23.6 Å². The van der Waals surface area contributed by atoms with Gasteiger partial charge in [0.1, 0.15) is 0 Å². The second kappa shape index (κ2) is 9.71. The maximum atomic E-state index is 9.69. The molecule has 0 aliphatic carbocycles. The van der Waals surface area contributed by atoms with E-state index in [1.807, 2.05) is 25.1 Å². The van der Waals surface area contributed by atoms with Crippen molar-refractivity contribution in [1.82, 2.24) is 4.90 Å². The molecule has 2 unspecified atom stereocenters. The molecule has 0 aliphatic rings. The molecule has 0 fully saturated rings. The predicted molar refractivity (Wildman–Crippen MR) is 111 cm³/mol. The Balaban J connectivity index is 1.89. The maximum absolute atomic E-state index is 9.69. The van der Waals surface area contributed by atoms with Crippen molar-refractivity contribution in [2.24, 2.45) is 5.92 Å². The summed E-state index contributed by atoms with van der Waals surface area (Å²) in [5, 5.41) is 9.69. The summed E-state index contributed by atoms with van der Waals surface area (Å²) < 4.78 is 0. The van der Waals surface area contributed by atoms with E-state index in [0.29, 0.717) is 0 Å². The van der Waals surface area contributed by atoms with Gasteiger partial charge in [0.2, 0.25) is 0 Å². The summed E-state index contributed by atoms with van der Waals surface area (Å²) in [6.07, 6.45) is 0.870. The van der Waals surface area contributed by atoms with Crippen molar-refractivity contribution < 1.29 is 0 Å². The Hall–Kier alpha value is -2.89. The lowest BCUT2D eigenvalue weighted by atomic mass is 9.93. The molecule has 0 spiro atoms. The summed E-state index contributed by atoms with van der Waals surface area (Å²) >= 11 is 0. The number of hydrogen-bond donors (Lipinski definition) is 0. The molecule has 0 radical (unpaired) electrons. The molecule has 0 amide bonds.